The molecule has 2 nitrogen and oxygen atoms in total. The molecule has 13 rings (SSSR count). The van der Waals surface area contributed by atoms with Gasteiger partial charge in [0.15, 0.2) is 0 Å². The van der Waals surface area contributed by atoms with Crippen LogP contribution in [0.1, 0.15) is 166 Å². The Morgan fingerprint density at radius 3 is 1.82 bits per heavy atom. The van der Waals surface area contributed by atoms with Gasteiger partial charge in [-0.1, -0.05) is 188 Å². The molecule has 5 heterocycles. The molecule has 4 aliphatic heterocycles. The zero-order valence-electron chi connectivity index (χ0n) is 43.5. The van der Waals surface area contributed by atoms with Crippen LogP contribution in [0.3, 0.4) is 0 Å². The number of anilines is 3. The first-order valence-electron chi connectivity index (χ1n) is 25.9. The number of nitrogens with zero attached hydrogens (tertiary/aromatic N) is 2. The highest BCUT2D eigenvalue weighted by Gasteiger charge is 2.52. The van der Waals surface area contributed by atoms with E-state index < -0.39 is 0 Å². The number of allylic oxidation sites excluding steroid dienone is 1. The predicted octanol–water partition coefficient (Wildman–Crippen LogP) is 12.3. The summed E-state index contributed by atoms with van der Waals surface area (Å²) in [6, 6.07) is 38.0. The van der Waals surface area contributed by atoms with E-state index in [1.165, 1.54) is 122 Å². The molecular formula is C64H68B2N2. The largest absolute Gasteiger partial charge is 0.314 e. The molecule has 1 atom stereocenters. The zero-order chi connectivity index (χ0) is 47.7. The number of rotatable bonds is 0. The van der Waals surface area contributed by atoms with Gasteiger partial charge in [-0.2, -0.15) is 0 Å². The van der Waals surface area contributed by atoms with Crippen molar-refractivity contribution in [2.75, 3.05) is 4.90 Å². The van der Waals surface area contributed by atoms with Crippen molar-refractivity contribution in [1.29, 1.82) is 0 Å². The molecule has 6 aromatic carbocycles. The summed E-state index contributed by atoms with van der Waals surface area (Å²) in [6.45, 7) is 36.1. The van der Waals surface area contributed by atoms with Crippen molar-refractivity contribution in [2.24, 2.45) is 5.41 Å². The fourth-order valence-corrected chi connectivity index (χ4v) is 13.7. The molecular weight excluding hydrogens is 818 g/mol. The topological polar surface area (TPSA) is 8.17 Å². The molecule has 0 N–H and O–H groups in total. The molecule has 0 fully saturated rings. The van der Waals surface area contributed by atoms with Crippen molar-refractivity contribution in [3.05, 3.63) is 147 Å². The van der Waals surface area contributed by atoms with Crippen molar-refractivity contribution in [2.45, 2.75) is 151 Å². The lowest BCUT2D eigenvalue weighted by Gasteiger charge is -2.49. The van der Waals surface area contributed by atoms with Crippen LogP contribution < -0.4 is 37.7 Å². The minimum Gasteiger partial charge on any atom is -0.314 e. The summed E-state index contributed by atoms with van der Waals surface area (Å²) in [5.41, 5.74) is 33.6. The molecule has 0 saturated heterocycles. The van der Waals surface area contributed by atoms with E-state index in [9.17, 15) is 0 Å². The second-order valence-corrected chi connectivity index (χ2v) is 26.9. The van der Waals surface area contributed by atoms with E-state index in [0.29, 0.717) is 5.92 Å². The number of benzene rings is 6. The summed E-state index contributed by atoms with van der Waals surface area (Å²) < 4.78 is 2.76. The minimum atomic E-state index is -0.0195. The van der Waals surface area contributed by atoms with Crippen LogP contribution in [0.4, 0.5) is 17.1 Å². The number of aromatic nitrogens is 1. The Balaban J connectivity index is 1.17. The predicted molar refractivity (Wildman–Crippen MR) is 295 cm³/mol. The maximum Gasteiger partial charge on any atom is 0.252 e. The highest BCUT2D eigenvalue weighted by atomic mass is 15.2. The molecule has 0 amide bonds. The van der Waals surface area contributed by atoms with Crippen LogP contribution in [0.15, 0.2) is 96.6 Å². The summed E-state index contributed by atoms with van der Waals surface area (Å²) in [6.07, 6.45) is 5.77. The molecule has 2 aliphatic carbocycles. The monoisotopic (exact) mass is 887 g/mol. The number of fused-ring (bicyclic) bond motifs is 14. The Hall–Kier alpha value is -5.47. The van der Waals surface area contributed by atoms with E-state index in [4.69, 9.17) is 0 Å². The first-order chi connectivity index (χ1) is 31.9. The van der Waals surface area contributed by atoms with Gasteiger partial charge in [-0.3, -0.25) is 0 Å². The van der Waals surface area contributed by atoms with Crippen LogP contribution in [0, 0.1) is 5.41 Å². The lowest BCUT2D eigenvalue weighted by Crippen LogP contribution is -2.68. The van der Waals surface area contributed by atoms with Crippen molar-refractivity contribution in [3.8, 4) is 16.8 Å². The Labute approximate surface area is 407 Å². The van der Waals surface area contributed by atoms with Gasteiger partial charge in [0.2, 0.25) is 6.71 Å². The van der Waals surface area contributed by atoms with Crippen LogP contribution in [-0.2, 0) is 34.5 Å². The maximum absolute atomic E-state index is 2.76. The van der Waals surface area contributed by atoms with Crippen molar-refractivity contribution in [1.82, 2.24) is 4.57 Å². The van der Waals surface area contributed by atoms with E-state index >= 15 is 0 Å². The van der Waals surface area contributed by atoms with Gasteiger partial charge in [-0.25, -0.2) is 0 Å². The SMILES string of the molecule is CC(C)(C)C1=Cc2c(n3c4c(cc(C(C)(C)C)cc24)B2c4cc(C(C)(C)C)ccc4N4c5cccc6c5B(c5cc(C(C)(C)C)cc7c5C6Cc5ccc(C(C)(C)C)cc5-7)c5ccc-3c2c54)CC1. The van der Waals surface area contributed by atoms with Crippen LogP contribution in [0.5, 0.6) is 0 Å². The second-order valence-electron chi connectivity index (χ2n) is 26.9. The van der Waals surface area contributed by atoms with Gasteiger partial charge in [0.25, 0.3) is 6.71 Å². The van der Waals surface area contributed by atoms with Gasteiger partial charge in [0, 0.05) is 50.8 Å². The molecule has 1 unspecified atom stereocenters. The molecule has 0 spiro atoms. The van der Waals surface area contributed by atoms with E-state index in [1.54, 1.807) is 11.1 Å². The van der Waals surface area contributed by atoms with Gasteiger partial charge < -0.3 is 9.47 Å². The van der Waals surface area contributed by atoms with Crippen LogP contribution >= 0.6 is 0 Å². The number of hydrogen-bond acceptors (Lipinski definition) is 1. The average Bonchev–Trinajstić information content (AvgIpc) is 3.60. The average molecular weight is 887 g/mol. The molecule has 6 aliphatic rings. The summed E-state index contributed by atoms with van der Waals surface area (Å²) in [7, 11) is 0. The summed E-state index contributed by atoms with van der Waals surface area (Å²) >= 11 is 0. The summed E-state index contributed by atoms with van der Waals surface area (Å²) in [4.78, 5) is 2.76. The van der Waals surface area contributed by atoms with Crippen molar-refractivity contribution in [3.63, 3.8) is 0 Å². The van der Waals surface area contributed by atoms with Crippen LogP contribution in [0.2, 0.25) is 0 Å². The normalized spacial score (nSPS) is 17.3. The lowest BCUT2D eigenvalue weighted by atomic mass is 9.27. The molecule has 1 aromatic heterocycles. The van der Waals surface area contributed by atoms with Crippen LogP contribution in [0.25, 0.3) is 33.8 Å². The Morgan fingerprint density at radius 1 is 0.500 bits per heavy atom. The third-order valence-electron chi connectivity index (χ3n) is 17.5. The van der Waals surface area contributed by atoms with Gasteiger partial charge in [-0.15, -0.1) is 0 Å². The van der Waals surface area contributed by atoms with Gasteiger partial charge >= 0.3 is 0 Å². The molecule has 7 aromatic rings. The van der Waals surface area contributed by atoms with E-state index in [0.717, 1.165) is 19.3 Å². The molecule has 4 heteroatoms. The van der Waals surface area contributed by atoms with E-state index in [-0.39, 0.29) is 40.5 Å². The summed E-state index contributed by atoms with van der Waals surface area (Å²) in [5.74, 6) is 0.293. The van der Waals surface area contributed by atoms with Gasteiger partial charge in [-0.05, 0) is 148 Å². The standard InChI is InChI=1S/C64H68B2N2/c1-60(2,3)36-20-19-35-27-44-41-17-16-18-53-56(41)65(49-33-39(63(10,11)12)30-45(55(44)49)42(35)28-36)47-23-26-54-57-59(47)68(53)52-25-22-38(62(7,8)9)32-48(52)66(57)50-34-40(64(13,14)15)31-46-43-29-37(61(4,5)6)21-24-51(43)67(54)58(46)50/h16-20,22-23,25-26,28-34,44H,21,24,27H2,1-15H3. The minimum absolute atomic E-state index is 0.000689. The maximum atomic E-state index is 2.76. The molecule has 0 bridgehead atoms. The Morgan fingerprint density at radius 2 is 1.12 bits per heavy atom. The molecule has 0 saturated carbocycles. The van der Waals surface area contributed by atoms with E-state index in [1.807, 2.05) is 0 Å². The molecule has 68 heavy (non-hydrogen) atoms. The van der Waals surface area contributed by atoms with Gasteiger partial charge in [0.1, 0.15) is 0 Å². The Bertz CT molecular complexity index is 3460. The van der Waals surface area contributed by atoms with E-state index in [2.05, 4.69) is 210 Å². The highest BCUT2D eigenvalue weighted by Crippen LogP contribution is 2.51. The fraction of sp³-hybridized carbons (Fsp3) is 0.375. The first kappa shape index (κ1) is 42.6. The zero-order valence-corrected chi connectivity index (χ0v) is 43.5. The summed E-state index contributed by atoms with van der Waals surface area (Å²) in [5, 5.41) is 1.43. The second kappa shape index (κ2) is 13.2. The van der Waals surface area contributed by atoms with Gasteiger partial charge in [0.05, 0.1) is 0 Å². The molecule has 340 valence electrons. The number of hydrogen-bond donors (Lipinski definition) is 0. The van der Waals surface area contributed by atoms with Crippen molar-refractivity contribution < 1.29 is 0 Å². The third kappa shape index (κ3) is 5.67. The lowest BCUT2D eigenvalue weighted by molar-refractivity contribution is 0.483. The molecule has 0 radical (unpaired) electrons. The quantitative estimate of drug-likeness (QED) is 0.138. The highest BCUT2D eigenvalue weighted by molar-refractivity contribution is 7.04. The fourth-order valence-electron chi connectivity index (χ4n) is 13.7. The third-order valence-corrected chi connectivity index (χ3v) is 17.5. The van der Waals surface area contributed by atoms with Crippen molar-refractivity contribution >= 4 is 80.2 Å². The smallest absolute Gasteiger partial charge is 0.252 e. The Kier molecular flexibility index (Phi) is 8.29. The van der Waals surface area contributed by atoms with Crippen LogP contribution in [-0.4, -0.2) is 18.0 Å². The first-order valence-corrected chi connectivity index (χ1v) is 25.9.